The summed E-state index contributed by atoms with van der Waals surface area (Å²) in [6.07, 6.45) is -0.582. The number of methoxy groups -OCH3 is 1. The molecule has 7 rings (SSSR count). The smallest absolute Gasteiger partial charge is 0.308 e. The largest absolute Gasteiger partial charge is 0.496 e. The lowest BCUT2D eigenvalue weighted by Crippen LogP contribution is -2.67. The van der Waals surface area contributed by atoms with Gasteiger partial charge in [-0.25, -0.2) is 0 Å². The third-order valence-electron chi connectivity index (χ3n) is 10.6. The average molecular weight is 705 g/mol. The molecular weight excluding hydrogens is 661 g/mol. The minimum absolute atomic E-state index is 0.00784. The van der Waals surface area contributed by atoms with Crippen LogP contribution in [0, 0.1) is 0 Å². The van der Waals surface area contributed by atoms with Crippen molar-refractivity contribution in [1.29, 1.82) is 0 Å². The number of fused-ring (bicyclic) bond motifs is 3. The molecule has 4 aromatic carbocycles. The van der Waals surface area contributed by atoms with E-state index in [0.29, 0.717) is 17.5 Å². The second-order valence-corrected chi connectivity index (χ2v) is 19.5. The molecule has 1 aliphatic heterocycles. The summed E-state index contributed by atoms with van der Waals surface area (Å²) in [6, 6.07) is 27.2. The summed E-state index contributed by atoms with van der Waals surface area (Å²) in [6.45, 7) is 13.6. The number of carbonyl (C=O) groups excluding carboxylic acids is 3. The number of esters is 1. The Hall–Kier alpha value is -4.41. The normalized spacial score (nSPS) is 22.3. The number of ketones is 2. The Bertz CT molecular complexity index is 2010. The average Bonchev–Trinajstić information content (AvgIpc) is 3.31. The Morgan fingerprint density at radius 1 is 0.824 bits per heavy atom. The molecule has 0 saturated carbocycles. The molecule has 0 aromatic heterocycles. The first kappa shape index (κ1) is 35.0. The number of hydrogen-bond donors (Lipinski definition) is 0. The van der Waals surface area contributed by atoms with Crippen molar-refractivity contribution in [3.05, 3.63) is 118 Å². The van der Waals surface area contributed by atoms with E-state index >= 15 is 0 Å². The van der Waals surface area contributed by atoms with Gasteiger partial charge in [0.15, 0.2) is 17.4 Å². The van der Waals surface area contributed by atoms with Crippen molar-refractivity contribution in [2.45, 2.75) is 89.9 Å². The molecule has 1 spiro atoms. The van der Waals surface area contributed by atoms with Crippen molar-refractivity contribution in [2.75, 3.05) is 7.11 Å². The zero-order valence-corrected chi connectivity index (χ0v) is 31.4. The first-order valence-electron chi connectivity index (χ1n) is 17.4. The van der Waals surface area contributed by atoms with Crippen LogP contribution in [0.25, 0.3) is 0 Å². The molecule has 0 radical (unpaired) electrons. The molecule has 8 nitrogen and oxygen atoms in total. The van der Waals surface area contributed by atoms with Gasteiger partial charge in [0, 0.05) is 42.0 Å². The number of hydrogen-bond acceptors (Lipinski definition) is 8. The van der Waals surface area contributed by atoms with Crippen LogP contribution in [-0.4, -0.2) is 50.5 Å². The van der Waals surface area contributed by atoms with Crippen molar-refractivity contribution in [1.82, 2.24) is 0 Å². The van der Waals surface area contributed by atoms with Gasteiger partial charge in [-0.15, -0.1) is 0 Å². The van der Waals surface area contributed by atoms with Crippen molar-refractivity contribution < 1.29 is 37.8 Å². The van der Waals surface area contributed by atoms with Crippen LogP contribution in [0.1, 0.15) is 104 Å². The van der Waals surface area contributed by atoms with Gasteiger partial charge in [-0.2, -0.15) is 0 Å². The molecule has 2 aliphatic carbocycles. The molecule has 0 unspecified atom stereocenters. The molecule has 0 N–H and O–H groups in total. The van der Waals surface area contributed by atoms with E-state index in [9.17, 15) is 14.4 Å². The fourth-order valence-corrected chi connectivity index (χ4v) is 13.3. The van der Waals surface area contributed by atoms with E-state index < -0.39 is 42.6 Å². The summed E-state index contributed by atoms with van der Waals surface area (Å²) in [7, 11) is -1.78. The van der Waals surface area contributed by atoms with Crippen LogP contribution in [0.5, 0.6) is 11.5 Å². The summed E-state index contributed by atoms with van der Waals surface area (Å²) in [4.78, 5) is 41.9. The summed E-state index contributed by atoms with van der Waals surface area (Å²) in [5.41, 5.74) is 0.779. The van der Waals surface area contributed by atoms with Crippen LogP contribution >= 0.6 is 0 Å². The molecule has 1 saturated heterocycles. The summed E-state index contributed by atoms with van der Waals surface area (Å²) >= 11 is 0. The van der Waals surface area contributed by atoms with E-state index in [1.165, 1.54) is 14.0 Å². The lowest BCUT2D eigenvalue weighted by Gasteiger charge is -2.49. The molecule has 3 atom stereocenters. The lowest BCUT2D eigenvalue weighted by atomic mass is 9.71. The van der Waals surface area contributed by atoms with Gasteiger partial charge in [0.1, 0.15) is 17.1 Å². The number of rotatable bonds is 6. The standard InChI is InChI=1S/C42H44O8Si/c1-25-42(50-41(6,7)48-25)23-31-33(32(24-42)49-51(40(3,4)5,27-17-11-9-12-18-27)28-19-13-10-14-20-28)39(47-26(2)43)35-34(38(31)46-8)36(44)29-21-15-16-22-30(29)37(35)45/h9-22,25,32H,23-24H2,1-8H3/t25-,32-,42-/m0/s1. The van der Waals surface area contributed by atoms with Crippen LogP contribution in [0.15, 0.2) is 84.9 Å². The highest BCUT2D eigenvalue weighted by Crippen LogP contribution is 2.57. The first-order valence-corrected chi connectivity index (χ1v) is 19.4. The fourth-order valence-electron chi connectivity index (χ4n) is 8.65. The van der Waals surface area contributed by atoms with E-state index in [-0.39, 0.29) is 52.1 Å². The predicted octanol–water partition coefficient (Wildman–Crippen LogP) is 6.87. The van der Waals surface area contributed by atoms with Gasteiger partial charge in [0.25, 0.3) is 8.32 Å². The van der Waals surface area contributed by atoms with Crippen molar-refractivity contribution in [2.24, 2.45) is 0 Å². The van der Waals surface area contributed by atoms with Crippen LogP contribution in [-0.2, 0) is 25.1 Å². The Morgan fingerprint density at radius 2 is 1.33 bits per heavy atom. The molecule has 9 heteroatoms. The zero-order chi connectivity index (χ0) is 36.5. The van der Waals surface area contributed by atoms with Crippen molar-refractivity contribution in [3.8, 4) is 11.5 Å². The van der Waals surface area contributed by atoms with Gasteiger partial charge in [0.2, 0.25) is 0 Å². The Kier molecular flexibility index (Phi) is 8.49. The predicted molar refractivity (Wildman–Crippen MR) is 196 cm³/mol. The summed E-state index contributed by atoms with van der Waals surface area (Å²) in [5.74, 6) is -2.05. The van der Waals surface area contributed by atoms with Gasteiger partial charge >= 0.3 is 5.97 Å². The highest BCUT2D eigenvalue weighted by atomic mass is 28.4. The molecule has 1 fully saturated rings. The number of benzene rings is 4. The maximum atomic E-state index is 14.5. The monoisotopic (exact) mass is 704 g/mol. The van der Waals surface area contributed by atoms with Crippen LogP contribution in [0.4, 0.5) is 0 Å². The second kappa shape index (κ2) is 12.4. The van der Waals surface area contributed by atoms with Crippen LogP contribution < -0.4 is 19.8 Å². The first-order chi connectivity index (χ1) is 24.1. The lowest BCUT2D eigenvalue weighted by molar-refractivity contribution is -0.169. The Labute approximate surface area is 300 Å². The highest BCUT2D eigenvalue weighted by molar-refractivity contribution is 6.99. The molecule has 4 aromatic rings. The van der Waals surface area contributed by atoms with Gasteiger partial charge < -0.3 is 23.4 Å². The molecule has 0 bridgehead atoms. The van der Waals surface area contributed by atoms with Gasteiger partial charge in [-0.3, -0.25) is 14.4 Å². The van der Waals surface area contributed by atoms with E-state index in [2.05, 4.69) is 45.0 Å². The zero-order valence-electron chi connectivity index (χ0n) is 30.4. The summed E-state index contributed by atoms with van der Waals surface area (Å²) < 4.78 is 33.4. The molecular formula is C42H44O8Si. The van der Waals surface area contributed by atoms with E-state index in [0.717, 1.165) is 10.4 Å². The number of carbonyl (C=O) groups is 3. The highest BCUT2D eigenvalue weighted by Gasteiger charge is 2.60. The SMILES string of the molecule is COc1c2c(c(OC(C)=O)c3c1C(=O)c1ccccc1C3=O)[C@@H](O[Si](c1ccccc1)(c1ccccc1)C(C)(C)C)C[C@]1(C2)OC(C)(C)O[C@H]1C. The number of ether oxygens (including phenoxy) is 4. The quantitative estimate of drug-likeness (QED) is 0.107. The van der Waals surface area contributed by atoms with E-state index in [4.69, 9.17) is 23.4 Å². The van der Waals surface area contributed by atoms with E-state index in [1.54, 1.807) is 24.3 Å². The Balaban J connectivity index is 1.58. The molecule has 1 heterocycles. The minimum Gasteiger partial charge on any atom is -0.496 e. The third kappa shape index (κ3) is 5.49. The fraction of sp³-hybridized carbons (Fsp3) is 0.357. The van der Waals surface area contributed by atoms with E-state index in [1.807, 2.05) is 57.2 Å². The molecule has 51 heavy (non-hydrogen) atoms. The summed E-state index contributed by atoms with van der Waals surface area (Å²) in [5, 5.41) is 1.70. The third-order valence-corrected chi connectivity index (χ3v) is 15.6. The van der Waals surface area contributed by atoms with Gasteiger partial charge in [-0.05, 0) is 36.2 Å². The Morgan fingerprint density at radius 3 is 1.78 bits per heavy atom. The van der Waals surface area contributed by atoms with Crippen molar-refractivity contribution in [3.63, 3.8) is 0 Å². The molecule has 3 aliphatic rings. The second-order valence-electron chi connectivity index (χ2n) is 15.3. The van der Waals surface area contributed by atoms with Crippen LogP contribution in [0.3, 0.4) is 0 Å². The van der Waals surface area contributed by atoms with Gasteiger partial charge in [-0.1, -0.05) is 106 Å². The molecule has 0 amide bonds. The topological polar surface area (TPSA) is 97.4 Å². The minimum atomic E-state index is -3.27. The van der Waals surface area contributed by atoms with Crippen molar-refractivity contribution >= 4 is 36.2 Å². The van der Waals surface area contributed by atoms with Crippen LogP contribution in [0.2, 0.25) is 5.04 Å². The maximum absolute atomic E-state index is 14.5. The molecule has 264 valence electrons. The maximum Gasteiger partial charge on any atom is 0.308 e. The van der Waals surface area contributed by atoms with Gasteiger partial charge in [0.05, 0.1) is 30.4 Å².